The summed E-state index contributed by atoms with van der Waals surface area (Å²) < 4.78 is 26.1. The first-order chi connectivity index (χ1) is 16.3. The van der Waals surface area contributed by atoms with Crippen LogP contribution >= 0.6 is 46.4 Å². The van der Waals surface area contributed by atoms with Crippen molar-refractivity contribution < 1.29 is 18.0 Å². The molecule has 0 aromatic heterocycles. The van der Waals surface area contributed by atoms with Crippen LogP contribution in [-0.4, -0.2) is 50.5 Å². The zero-order chi connectivity index (χ0) is 26.3. The molecule has 192 valence electrons. The topological polar surface area (TPSA) is 86.8 Å². The number of nitrogens with zero attached hydrogens (tertiary/aromatic N) is 2. The standard InChI is InChI=1S/C23H27Cl4N3O4S/c1-4-5-8-28-23(32)15(2)29(13-16-6-7-17(24)12-21(16)27)22(31)14-30(35(3,33)34)20-10-18(25)9-19(26)11-20/h6-7,9-12,15H,4-5,8,13-14H2,1-3H3,(H,28,32)/t15-/m0/s1. The lowest BCUT2D eigenvalue weighted by molar-refractivity contribution is -0.139. The Bertz CT molecular complexity index is 1160. The van der Waals surface area contributed by atoms with Crippen LogP contribution in [0, 0.1) is 0 Å². The number of amides is 2. The first kappa shape index (κ1) is 29.5. The second-order valence-electron chi connectivity index (χ2n) is 7.98. The second-order valence-corrected chi connectivity index (χ2v) is 11.6. The molecule has 1 atom stereocenters. The van der Waals surface area contributed by atoms with Crippen LogP contribution in [0.15, 0.2) is 36.4 Å². The lowest BCUT2D eigenvalue weighted by atomic mass is 10.1. The summed E-state index contributed by atoms with van der Waals surface area (Å²) in [6, 6.07) is 8.13. The smallest absolute Gasteiger partial charge is 0.244 e. The molecule has 0 aliphatic carbocycles. The molecule has 0 saturated carbocycles. The number of nitrogens with one attached hydrogen (secondary N) is 1. The summed E-state index contributed by atoms with van der Waals surface area (Å²) in [5.74, 6) is -0.982. The Morgan fingerprint density at radius 2 is 1.63 bits per heavy atom. The Morgan fingerprint density at radius 3 is 2.17 bits per heavy atom. The van der Waals surface area contributed by atoms with Gasteiger partial charge in [0, 0.05) is 33.2 Å². The highest BCUT2D eigenvalue weighted by Gasteiger charge is 2.30. The van der Waals surface area contributed by atoms with Gasteiger partial charge in [-0.05, 0) is 49.2 Å². The Hall–Kier alpha value is -1.71. The van der Waals surface area contributed by atoms with Crippen LogP contribution in [0.4, 0.5) is 5.69 Å². The van der Waals surface area contributed by atoms with Crippen molar-refractivity contribution in [3.63, 3.8) is 0 Å². The van der Waals surface area contributed by atoms with Crippen molar-refractivity contribution >= 4 is 73.9 Å². The molecule has 0 heterocycles. The molecule has 0 unspecified atom stereocenters. The number of carbonyl (C=O) groups excluding carboxylic acids is 2. The van der Waals surface area contributed by atoms with Crippen LogP contribution in [0.5, 0.6) is 0 Å². The van der Waals surface area contributed by atoms with Gasteiger partial charge < -0.3 is 10.2 Å². The minimum atomic E-state index is -3.91. The maximum Gasteiger partial charge on any atom is 0.244 e. The van der Waals surface area contributed by atoms with Crippen molar-refractivity contribution in [2.75, 3.05) is 23.7 Å². The lowest BCUT2D eigenvalue weighted by Crippen LogP contribution is -2.51. The maximum absolute atomic E-state index is 13.5. The SMILES string of the molecule is CCCCNC(=O)[C@H](C)N(Cc1ccc(Cl)cc1Cl)C(=O)CN(c1cc(Cl)cc(Cl)c1)S(C)(=O)=O. The number of hydrogen-bond acceptors (Lipinski definition) is 4. The predicted octanol–water partition coefficient (Wildman–Crippen LogP) is 5.40. The monoisotopic (exact) mass is 581 g/mol. The average molecular weight is 583 g/mol. The molecular weight excluding hydrogens is 556 g/mol. The maximum atomic E-state index is 13.5. The molecule has 0 spiro atoms. The third kappa shape index (κ3) is 8.72. The predicted molar refractivity (Wildman–Crippen MR) is 143 cm³/mol. The Morgan fingerprint density at radius 1 is 1.00 bits per heavy atom. The summed E-state index contributed by atoms with van der Waals surface area (Å²) in [6.07, 6.45) is 2.65. The lowest BCUT2D eigenvalue weighted by Gasteiger charge is -2.31. The third-order valence-corrected chi connectivity index (χ3v) is 7.33. The number of rotatable bonds is 11. The minimum Gasteiger partial charge on any atom is -0.354 e. The van der Waals surface area contributed by atoms with E-state index in [1.165, 1.54) is 29.2 Å². The number of anilines is 1. The Labute approximate surface area is 226 Å². The van der Waals surface area contributed by atoms with Gasteiger partial charge in [0.15, 0.2) is 0 Å². The van der Waals surface area contributed by atoms with Crippen LogP contribution in [0.3, 0.4) is 0 Å². The van der Waals surface area contributed by atoms with Gasteiger partial charge in [-0.3, -0.25) is 13.9 Å². The molecule has 12 heteroatoms. The first-order valence-electron chi connectivity index (χ1n) is 10.8. The molecule has 1 N–H and O–H groups in total. The summed E-state index contributed by atoms with van der Waals surface area (Å²) >= 11 is 24.4. The molecule has 0 saturated heterocycles. The van der Waals surface area contributed by atoms with Crippen LogP contribution in [0.1, 0.15) is 32.3 Å². The van der Waals surface area contributed by atoms with Crippen molar-refractivity contribution in [3.8, 4) is 0 Å². The van der Waals surface area contributed by atoms with Crippen molar-refractivity contribution in [1.29, 1.82) is 0 Å². The molecule has 0 radical (unpaired) electrons. The molecular formula is C23H27Cl4N3O4S. The molecule has 2 rings (SSSR count). The number of unbranched alkanes of at least 4 members (excludes halogenated alkanes) is 1. The fourth-order valence-electron chi connectivity index (χ4n) is 3.25. The summed E-state index contributed by atoms with van der Waals surface area (Å²) in [5, 5.41) is 3.96. The minimum absolute atomic E-state index is 0.0366. The van der Waals surface area contributed by atoms with E-state index in [0.717, 1.165) is 23.4 Å². The quantitative estimate of drug-likeness (QED) is 0.359. The molecule has 0 aliphatic rings. The summed E-state index contributed by atoms with van der Waals surface area (Å²) in [5.41, 5.74) is 0.678. The van der Waals surface area contributed by atoms with Gasteiger partial charge in [0.1, 0.15) is 12.6 Å². The Balaban J connectivity index is 2.42. The van der Waals surface area contributed by atoms with E-state index in [-0.39, 0.29) is 28.2 Å². The van der Waals surface area contributed by atoms with Crippen LogP contribution in [0.25, 0.3) is 0 Å². The summed E-state index contributed by atoms with van der Waals surface area (Å²) in [4.78, 5) is 27.6. The zero-order valence-corrected chi connectivity index (χ0v) is 23.4. The van der Waals surface area contributed by atoms with Gasteiger partial charge in [-0.15, -0.1) is 0 Å². The summed E-state index contributed by atoms with van der Waals surface area (Å²) in [7, 11) is -3.91. The zero-order valence-electron chi connectivity index (χ0n) is 19.5. The van der Waals surface area contributed by atoms with E-state index in [2.05, 4.69) is 5.32 Å². The number of sulfonamides is 1. The van der Waals surface area contributed by atoms with Gasteiger partial charge >= 0.3 is 0 Å². The van der Waals surface area contributed by atoms with E-state index in [0.29, 0.717) is 22.2 Å². The molecule has 0 bridgehead atoms. The van der Waals surface area contributed by atoms with Gasteiger partial charge in [-0.1, -0.05) is 65.8 Å². The van der Waals surface area contributed by atoms with Crippen LogP contribution in [0.2, 0.25) is 20.1 Å². The molecule has 7 nitrogen and oxygen atoms in total. The summed E-state index contributed by atoms with van der Waals surface area (Å²) in [6.45, 7) is 3.41. The molecule has 2 amide bonds. The van der Waals surface area contributed by atoms with E-state index in [9.17, 15) is 18.0 Å². The van der Waals surface area contributed by atoms with E-state index in [1.54, 1.807) is 19.1 Å². The third-order valence-electron chi connectivity index (χ3n) is 5.17. The van der Waals surface area contributed by atoms with Crippen molar-refractivity contribution in [3.05, 3.63) is 62.1 Å². The number of carbonyl (C=O) groups is 2. The fourth-order valence-corrected chi connectivity index (χ4v) is 5.07. The molecule has 0 fully saturated rings. The largest absolute Gasteiger partial charge is 0.354 e. The number of hydrogen-bond donors (Lipinski definition) is 1. The Kier molecular flexibility index (Phi) is 11.0. The molecule has 2 aromatic carbocycles. The highest BCUT2D eigenvalue weighted by atomic mass is 35.5. The highest BCUT2D eigenvalue weighted by Crippen LogP contribution is 2.28. The van der Waals surface area contributed by atoms with Crippen LogP contribution in [-0.2, 0) is 26.2 Å². The second kappa shape index (κ2) is 13.0. The van der Waals surface area contributed by atoms with E-state index in [1.807, 2.05) is 6.92 Å². The molecule has 2 aromatic rings. The van der Waals surface area contributed by atoms with Crippen molar-refractivity contribution in [2.45, 2.75) is 39.3 Å². The van der Waals surface area contributed by atoms with E-state index < -0.39 is 28.5 Å². The molecule has 35 heavy (non-hydrogen) atoms. The average Bonchev–Trinajstić information content (AvgIpc) is 2.75. The fraction of sp³-hybridized carbons (Fsp3) is 0.391. The van der Waals surface area contributed by atoms with Crippen molar-refractivity contribution in [1.82, 2.24) is 10.2 Å². The van der Waals surface area contributed by atoms with Crippen molar-refractivity contribution in [2.24, 2.45) is 0 Å². The first-order valence-corrected chi connectivity index (χ1v) is 14.1. The van der Waals surface area contributed by atoms with Gasteiger partial charge in [0.2, 0.25) is 21.8 Å². The van der Waals surface area contributed by atoms with Gasteiger partial charge in [-0.25, -0.2) is 8.42 Å². The normalized spacial score (nSPS) is 12.2. The number of benzene rings is 2. The van der Waals surface area contributed by atoms with E-state index >= 15 is 0 Å². The van der Waals surface area contributed by atoms with Crippen LogP contribution < -0.4 is 9.62 Å². The van der Waals surface area contributed by atoms with Gasteiger partial charge in [0.05, 0.1) is 11.9 Å². The van der Waals surface area contributed by atoms with Gasteiger partial charge in [-0.2, -0.15) is 0 Å². The van der Waals surface area contributed by atoms with Gasteiger partial charge in [0.25, 0.3) is 0 Å². The highest BCUT2D eigenvalue weighted by molar-refractivity contribution is 7.92. The number of halogens is 4. The molecule has 0 aliphatic heterocycles. The van der Waals surface area contributed by atoms with E-state index in [4.69, 9.17) is 46.4 Å².